The first-order valence-corrected chi connectivity index (χ1v) is 8.37. The van der Waals surface area contributed by atoms with Crippen LogP contribution in [0, 0.1) is 6.92 Å². The summed E-state index contributed by atoms with van der Waals surface area (Å²) in [5.74, 6) is -1.31. The Hall–Kier alpha value is -3.20. The summed E-state index contributed by atoms with van der Waals surface area (Å²) in [6.45, 7) is 3.02. The second-order valence-corrected chi connectivity index (χ2v) is 5.99. The summed E-state index contributed by atoms with van der Waals surface area (Å²) in [4.78, 5) is 36.2. The SMILES string of the molecule is Cc1cc(C(=O)NC(C(=O)NCC(=O)NCc2ccccc2)C(C)O)no1. The number of amides is 3. The number of aromatic nitrogens is 1. The van der Waals surface area contributed by atoms with Gasteiger partial charge in [-0.05, 0) is 19.4 Å². The Kier molecular flexibility index (Phi) is 7.07. The van der Waals surface area contributed by atoms with Gasteiger partial charge in [-0.3, -0.25) is 14.4 Å². The first-order valence-electron chi connectivity index (χ1n) is 8.37. The third-order valence-electron chi connectivity index (χ3n) is 3.67. The highest BCUT2D eigenvalue weighted by molar-refractivity contribution is 5.97. The Morgan fingerprint density at radius 3 is 2.48 bits per heavy atom. The smallest absolute Gasteiger partial charge is 0.274 e. The molecule has 1 aromatic carbocycles. The maximum absolute atomic E-state index is 12.2. The largest absolute Gasteiger partial charge is 0.391 e. The highest BCUT2D eigenvalue weighted by Gasteiger charge is 2.27. The molecule has 0 aliphatic rings. The summed E-state index contributed by atoms with van der Waals surface area (Å²) in [7, 11) is 0. The van der Waals surface area contributed by atoms with Crippen molar-refractivity contribution in [3.63, 3.8) is 0 Å². The predicted molar refractivity (Wildman–Crippen MR) is 95.5 cm³/mol. The van der Waals surface area contributed by atoms with Crippen molar-refractivity contribution in [1.29, 1.82) is 0 Å². The molecule has 2 atom stereocenters. The molecule has 9 nitrogen and oxygen atoms in total. The van der Waals surface area contributed by atoms with E-state index in [9.17, 15) is 19.5 Å². The van der Waals surface area contributed by atoms with E-state index in [0.29, 0.717) is 12.3 Å². The molecule has 0 aliphatic carbocycles. The van der Waals surface area contributed by atoms with E-state index in [-0.39, 0.29) is 12.2 Å². The van der Waals surface area contributed by atoms with Crippen molar-refractivity contribution in [1.82, 2.24) is 21.1 Å². The zero-order valence-corrected chi connectivity index (χ0v) is 15.1. The van der Waals surface area contributed by atoms with Crippen LogP contribution in [0.1, 0.15) is 28.7 Å². The second-order valence-electron chi connectivity index (χ2n) is 5.99. The van der Waals surface area contributed by atoms with Crippen LogP contribution in [0.3, 0.4) is 0 Å². The van der Waals surface area contributed by atoms with Gasteiger partial charge in [-0.15, -0.1) is 0 Å². The van der Waals surface area contributed by atoms with E-state index in [1.165, 1.54) is 13.0 Å². The average molecular weight is 374 g/mol. The van der Waals surface area contributed by atoms with Crippen molar-refractivity contribution >= 4 is 17.7 Å². The van der Waals surface area contributed by atoms with Gasteiger partial charge in [0.25, 0.3) is 5.91 Å². The number of hydrogen-bond donors (Lipinski definition) is 4. The van der Waals surface area contributed by atoms with Crippen LogP contribution >= 0.6 is 0 Å². The lowest BCUT2D eigenvalue weighted by molar-refractivity contribution is -0.128. The van der Waals surface area contributed by atoms with Crippen LogP contribution in [0.25, 0.3) is 0 Å². The molecule has 4 N–H and O–H groups in total. The fraction of sp³-hybridized carbons (Fsp3) is 0.333. The maximum Gasteiger partial charge on any atom is 0.274 e. The zero-order valence-electron chi connectivity index (χ0n) is 15.1. The van der Waals surface area contributed by atoms with Gasteiger partial charge < -0.3 is 25.6 Å². The lowest BCUT2D eigenvalue weighted by Crippen LogP contribution is -2.53. The van der Waals surface area contributed by atoms with Crippen LogP contribution < -0.4 is 16.0 Å². The quantitative estimate of drug-likeness (QED) is 0.510. The monoisotopic (exact) mass is 374 g/mol. The molecule has 0 spiro atoms. The van der Waals surface area contributed by atoms with E-state index in [1.54, 1.807) is 6.92 Å². The third-order valence-corrected chi connectivity index (χ3v) is 3.67. The van der Waals surface area contributed by atoms with Crippen molar-refractivity contribution in [2.45, 2.75) is 32.5 Å². The topological polar surface area (TPSA) is 134 Å². The second kappa shape index (κ2) is 9.48. The molecular formula is C18H22N4O5. The lowest BCUT2D eigenvalue weighted by Gasteiger charge is -2.20. The number of nitrogens with zero attached hydrogens (tertiary/aromatic N) is 1. The number of rotatable bonds is 8. The Labute approximate surface area is 156 Å². The van der Waals surface area contributed by atoms with Gasteiger partial charge in [0.2, 0.25) is 11.8 Å². The number of aliphatic hydroxyl groups excluding tert-OH is 1. The Balaban J connectivity index is 1.83. The zero-order chi connectivity index (χ0) is 19.8. The summed E-state index contributed by atoms with van der Waals surface area (Å²) in [5, 5.41) is 20.8. The molecule has 2 aromatic rings. The van der Waals surface area contributed by atoms with Crippen molar-refractivity contribution < 1.29 is 24.0 Å². The molecular weight excluding hydrogens is 352 g/mol. The van der Waals surface area contributed by atoms with Crippen LogP contribution in [-0.4, -0.2) is 46.7 Å². The molecule has 27 heavy (non-hydrogen) atoms. The van der Waals surface area contributed by atoms with E-state index in [1.807, 2.05) is 30.3 Å². The van der Waals surface area contributed by atoms with Crippen LogP contribution in [0.2, 0.25) is 0 Å². The molecule has 0 fully saturated rings. The fourth-order valence-corrected chi connectivity index (χ4v) is 2.23. The van der Waals surface area contributed by atoms with E-state index in [0.717, 1.165) is 5.56 Å². The van der Waals surface area contributed by atoms with E-state index in [2.05, 4.69) is 21.1 Å². The van der Waals surface area contributed by atoms with E-state index in [4.69, 9.17) is 4.52 Å². The summed E-state index contributed by atoms with van der Waals surface area (Å²) >= 11 is 0. The minimum Gasteiger partial charge on any atom is -0.391 e. The van der Waals surface area contributed by atoms with Gasteiger partial charge in [-0.25, -0.2) is 0 Å². The number of hydrogen-bond acceptors (Lipinski definition) is 6. The molecule has 0 radical (unpaired) electrons. The number of nitrogens with one attached hydrogen (secondary N) is 3. The Morgan fingerprint density at radius 2 is 1.89 bits per heavy atom. The Morgan fingerprint density at radius 1 is 1.19 bits per heavy atom. The van der Waals surface area contributed by atoms with Gasteiger partial charge >= 0.3 is 0 Å². The third kappa shape index (κ3) is 6.23. The fourth-order valence-electron chi connectivity index (χ4n) is 2.23. The molecule has 1 aromatic heterocycles. The Bertz CT molecular complexity index is 788. The van der Waals surface area contributed by atoms with Crippen molar-refractivity contribution in [2.75, 3.05) is 6.54 Å². The van der Waals surface area contributed by atoms with Gasteiger partial charge in [-0.1, -0.05) is 35.5 Å². The first kappa shape index (κ1) is 20.1. The van der Waals surface area contributed by atoms with Crippen molar-refractivity contribution in [3.05, 3.63) is 53.4 Å². The molecule has 0 saturated heterocycles. The predicted octanol–water partition coefficient (Wildman–Crippen LogP) is -0.105. The first-order chi connectivity index (χ1) is 12.9. The summed E-state index contributed by atoms with van der Waals surface area (Å²) in [6.07, 6.45) is -1.17. The number of aryl methyl sites for hydroxylation is 1. The molecule has 0 bridgehead atoms. The number of aliphatic hydroxyl groups is 1. The standard InChI is InChI=1S/C18H22N4O5/c1-11-8-14(22-27-11)17(25)21-16(12(2)23)18(26)20-10-15(24)19-9-13-6-4-3-5-7-13/h3-8,12,16,23H,9-10H2,1-2H3,(H,19,24)(H,20,26)(H,21,25). The highest BCUT2D eigenvalue weighted by atomic mass is 16.5. The normalized spacial score (nSPS) is 12.7. The number of carbonyl (C=O) groups excluding carboxylic acids is 3. The molecule has 0 aliphatic heterocycles. The summed E-state index contributed by atoms with van der Waals surface area (Å²) < 4.78 is 4.80. The maximum atomic E-state index is 12.2. The molecule has 9 heteroatoms. The van der Waals surface area contributed by atoms with Gasteiger partial charge in [0, 0.05) is 12.6 Å². The summed E-state index contributed by atoms with van der Waals surface area (Å²) in [6, 6.07) is 9.48. The van der Waals surface area contributed by atoms with Crippen LogP contribution in [0.5, 0.6) is 0 Å². The van der Waals surface area contributed by atoms with Crippen LogP contribution in [-0.2, 0) is 16.1 Å². The molecule has 144 valence electrons. The molecule has 1 heterocycles. The average Bonchev–Trinajstić information content (AvgIpc) is 3.09. The van der Waals surface area contributed by atoms with E-state index < -0.39 is 29.9 Å². The van der Waals surface area contributed by atoms with Gasteiger partial charge in [0.05, 0.1) is 12.6 Å². The van der Waals surface area contributed by atoms with Gasteiger partial charge in [0.15, 0.2) is 5.69 Å². The molecule has 2 unspecified atom stereocenters. The van der Waals surface area contributed by atoms with Gasteiger partial charge in [-0.2, -0.15) is 0 Å². The highest BCUT2D eigenvalue weighted by Crippen LogP contribution is 2.03. The number of benzene rings is 1. The molecule has 2 rings (SSSR count). The van der Waals surface area contributed by atoms with Crippen molar-refractivity contribution in [2.24, 2.45) is 0 Å². The lowest BCUT2D eigenvalue weighted by atomic mass is 10.1. The van der Waals surface area contributed by atoms with Crippen molar-refractivity contribution in [3.8, 4) is 0 Å². The van der Waals surface area contributed by atoms with Crippen LogP contribution in [0.4, 0.5) is 0 Å². The van der Waals surface area contributed by atoms with E-state index >= 15 is 0 Å². The minimum atomic E-state index is -1.24. The molecule has 3 amide bonds. The summed E-state index contributed by atoms with van der Waals surface area (Å²) in [5.41, 5.74) is 0.917. The minimum absolute atomic E-state index is 0.00782. The number of carbonyl (C=O) groups is 3. The van der Waals surface area contributed by atoms with Gasteiger partial charge in [0.1, 0.15) is 11.8 Å². The molecule has 0 saturated carbocycles. The van der Waals surface area contributed by atoms with Crippen LogP contribution in [0.15, 0.2) is 40.9 Å².